The first-order valence-corrected chi connectivity index (χ1v) is 9.29. The van der Waals surface area contributed by atoms with E-state index in [1.807, 2.05) is 13.8 Å². The molecule has 23 heavy (non-hydrogen) atoms. The topological polar surface area (TPSA) is 57.7 Å². The van der Waals surface area contributed by atoms with E-state index in [0.29, 0.717) is 19.5 Å². The maximum Gasteiger partial charge on any atom is 0.246 e. The third-order valence-electron chi connectivity index (χ3n) is 3.77. The summed E-state index contributed by atoms with van der Waals surface area (Å²) in [4.78, 5) is 13.3. The highest BCUT2D eigenvalue weighted by Crippen LogP contribution is 2.24. The molecule has 0 radical (unpaired) electrons. The summed E-state index contributed by atoms with van der Waals surface area (Å²) in [6.45, 7) is 4.81. The first-order chi connectivity index (χ1) is 10.7. The second kappa shape index (κ2) is 7.15. The summed E-state index contributed by atoms with van der Waals surface area (Å²) < 4.78 is 40.4. The van der Waals surface area contributed by atoms with Gasteiger partial charge < -0.3 is 4.90 Å². The first kappa shape index (κ1) is 18.2. The molecule has 1 heterocycles. The number of nitrogens with zero attached hydrogens (tertiary/aromatic N) is 2. The van der Waals surface area contributed by atoms with Crippen molar-refractivity contribution >= 4 is 27.5 Å². The van der Waals surface area contributed by atoms with Crippen LogP contribution in [-0.2, 0) is 14.8 Å². The lowest BCUT2D eigenvalue weighted by atomic mass is 10.2. The monoisotopic (exact) mass is 362 g/mol. The zero-order valence-corrected chi connectivity index (χ0v) is 14.7. The van der Waals surface area contributed by atoms with Gasteiger partial charge in [-0.15, -0.1) is 0 Å². The minimum atomic E-state index is -3.97. The fraction of sp³-hybridized carbons (Fsp3) is 0.533. The summed E-state index contributed by atoms with van der Waals surface area (Å²) >= 11 is 5.79. The van der Waals surface area contributed by atoms with Crippen LogP contribution in [0.5, 0.6) is 0 Å². The lowest BCUT2D eigenvalue weighted by Gasteiger charge is -2.23. The maximum atomic E-state index is 13.9. The molecule has 1 aliphatic heterocycles. The number of carbonyl (C=O) groups excluding carboxylic acids is 1. The molecule has 1 saturated heterocycles. The molecule has 2 rings (SSSR count). The lowest BCUT2D eigenvalue weighted by molar-refractivity contribution is -0.134. The third kappa shape index (κ3) is 4.02. The van der Waals surface area contributed by atoms with Crippen molar-refractivity contribution in [3.05, 3.63) is 29.0 Å². The van der Waals surface area contributed by atoms with Crippen molar-refractivity contribution in [2.45, 2.75) is 25.2 Å². The van der Waals surface area contributed by atoms with E-state index in [-0.39, 0.29) is 29.9 Å². The average molecular weight is 363 g/mol. The number of halogens is 2. The van der Waals surface area contributed by atoms with Crippen molar-refractivity contribution in [2.24, 2.45) is 5.92 Å². The molecule has 8 heteroatoms. The minimum absolute atomic E-state index is 0.00168. The van der Waals surface area contributed by atoms with Crippen LogP contribution >= 0.6 is 11.6 Å². The van der Waals surface area contributed by atoms with Crippen LogP contribution in [0.2, 0.25) is 5.02 Å². The number of hydrogen-bond donors (Lipinski definition) is 0. The van der Waals surface area contributed by atoms with Crippen molar-refractivity contribution in [1.29, 1.82) is 0 Å². The van der Waals surface area contributed by atoms with Crippen molar-refractivity contribution in [3.63, 3.8) is 0 Å². The smallest absolute Gasteiger partial charge is 0.246 e. The van der Waals surface area contributed by atoms with Gasteiger partial charge in [0.2, 0.25) is 15.9 Å². The Kier molecular flexibility index (Phi) is 5.65. The third-order valence-corrected chi connectivity index (χ3v) is 5.92. The van der Waals surface area contributed by atoms with Crippen LogP contribution in [0.25, 0.3) is 0 Å². The van der Waals surface area contributed by atoms with E-state index in [0.717, 1.165) is 12.1 Å². The molecule has 0 N–H and O–H groups in total. The molecule has 1 aliphatic rings. The Bertz CT molecular complexity index is 694. The van der Waals surface area contributed by atoms with Gasteiger partial charge in [-0.1, -0.05) is 25.4 Å². The number of rotatable bonds is 3. The molecule has 1 aromatic rings. The maximum absolute atomic E-state index is 13.9. The molecule has 0 aliphatic carbocycles. The SMILES string of the molecule is CC(C)C(=O)N1CCCN(S(=O)(=O)c2cc(Cl)ccc2F)CC1. The predicted octanol–water partition coefficient (Wildman–Crippen LogP) is 2.36. The fourth-order valence-corrected chi connectivity index (χ4v) is 4.33. The van der Waals surface area contributed by atoms with E-state index >= 15 is 0 Å². The van der Waals surface area contributed by atoms with E-state index < -0.39 is 20.7 Å². The molecular weight excluding hydrogens is 343 g/mol. The Labute approximate surface area is 141 Å². The first-order valence-electron chi connectivity index (χ1n) is 7.47. The van der Waals surface area contributed by atoms with Gasteiger partial charge in [0.05, 0.1) is 0 Å². The van der Waals surface area contributed by atoms with Gasteiger partial charge in [-0.3, -0.25) is 4.79 Å². The zero-order chi connectivity index (χ0) is 17.2. The second-order valence-electron chi connectivity index (χ2n) is 5.81. The van der Waals surface area contributed by atoms with Crippen molar-refractivity contribution in [2.75, 3.05) is 26.2 Å². The Morgan fingerprint density at radius 2 is 1.91 bits per heavy atom. The Morgan fingerprint density at radius 3 is 2.57 bits per heavy atom. The molecule has 0 aromatic heterocycles. The van der Waals surface area contributed by atoms with Gasteiger partial charge in [0.25, 0.3) is 0 Å². The van der Waals surface area contributed by atoms with E-state index in [1.165, 1.54) is 10.4 Å². The van der Waals surface area contributed by atoms with Crippen molar-refractivity contribution in [1.82, 2.24) is 9.21 Å². The molecule has 1 amide bonds. The summed E-state index contributed by atoms with van der Waals surface area (Å²) in [6, 6.07) is 3.47. The van der Waals surface area contributed by atoms with Gasteiger partial charge in [0.1, 0.15) is 10.7 Å². The number of sulfonamides is 1. The Hall–Kier alpha value is -1.18. The molecule has 0 unspecified atom stereocenters. The highest BCUT2D eigenvalue weighted by molar-refractivity contribution is 7.89. The number of amides is 1. The van der Waals surface area contributed by atoms with Crippen LogP contribution in [0.15, 0.2) is 23.1 Å². The Morgan fingerprint density at radius 1 is 1.22 bits per heavy atom. The van der Waals surface area contributed by atoms with E-state index in [1.54, 1.807) is 4.90 Å². The van der Waals surface area contributed by atoms with E-state index in [4.69, 9.17) is 11.6 Å². The lowest BCUT2D eigenvalue weighted by Crippen LogP contribution is -2.39. The molecule has 0 spiro atoms. The van der Waals surface area contributed by atoms with Crippen LogP contribution in [0.1, 0.15) is 20.3 Å². The van der Waals surface area contributed by atoms with Gasteiger partial charge in [0, 0.05) is 37.1 Å². The average Bonchev–Trinajstić information content (AvgIpc) is 2.75. The van der Waals surface area contributed by atoms with Gasteiger partial charge in [0.15, 0.2) is 0 Å². The summed E-state index contributed by atoms with van der Waals surface area (Å²) in [5, 5.41) is 0.163. The molecule has 0 saturated carbocycles. The van der Waals surface area contributed by atoms with Crippen molar-refractivity contribution < 1.29 is 17.6 Å². The summed E-state index contributed by atoms with van der Waals surface area (Å²) in [5.41, 5.74) is 0. The standard InChI is InChI=1S/C15H20ClFN2O3S/c1-11(2)15(20)18-6-3-7-19(9-8-18)23(21,22)14-10-12(16)4-5-13(14)17/h4-5,10-11H,3,6-9H2,1-2H3. The largest absolute Gasteiger partial charge is 0.341 e. The van der Waals surface area contributed by atoms with Gasteiger partial charge >= 0.3 is 0 Å². The second-order valence-corrected chi connectivity index (χ2v) is 8.16. The molecule has 5 nitrogen and oxygen atoms in total. The van der Waals surface area contributed by atoms with E-state index in [9.17, 15) is 17.6 Å². The van der Waals surface area contributed by atoms with Crippen LogP contribution in [0.4, 0.5) is 4.39 Å². The summed E-state index contributed by atoms with van der Waals surface area (Å²) in [5.74, 6) is -0.963. The molecule has 0 bridgehead atoms. The molecule has 1 fully saturated rings. The molecule has 128 valence electrons. The van der Waals surface area contributed by atoms with Crippen LogP contribution in [0, 0.1) is 11.7 Å². The molecule has 1 aromatic carbocycles. The molecular formula is C15H20ClFN2O3S. The normalized spacial score (nSPS) is 17.3. The van der Waals surface area contributed by atoms with Crippen LogP contribution in [0.3, 0.4) is 0 Å². The van der Waals surface area contributed by atoms with Gasteiger partial charge in [-0.2, -0.15) is 4.31 Å². The predicted molar refractivity (Wildman–Crippen MR) is 86.2 cm³/mol. The Balaban J connectivity index is 2.21. The van der Waals surface area contributed by atoms with Crippen LogP contribution in [-0.4, -0.2) is 49.7 Å². The van der Waals surface area contributed by atoms with Crippen molar-refractivity contribution in [3.8, 4) is 0 Å². The highest BCUT2D eigenvalue weighted by Gasteiger charge is 2.30. The highest BCUT2D eigenvalue weighted by atomic mass is 35.5. The number of hydrogen-bond acceptors (Lipinski definition) is 3. The zero-order valence-electron chi connectivity index (χ0n) is 13.1. The fourth-order valence-electron chi connectivity index (χ4n) is 2.53. The summed E-state index contributed by atoms with van der Waals surface area (Å²) in [6.07, 6.45) is 0.514. The quantitative estimate of drug-likeness (QED) is 0.829. The minimum Gasteiger partial charge on any atom is -0.341 e. The number of benzene rings is 1. The number of carbonyl (C=O) groups is 1. The molecule has 0 atom stereocenters. The van der Waals surface area contributed by atoms with E-state index in [2.05, 4.69) is 0 Å². The summed E-state index contributed by atoms with van der Waals surface area (Å²) in [7, 11) is -3.97. The van der Waals surface area contributed by atoms with Gasteiger partial charge in [-0.25, -0.2) is 12.8 Å². The van der Waals surface area contributed by atoms with Gasteiger partial charge in [-0.05, 0) is 24.6 Å². The van der Waals surface area contributed by atoms with Crippen LogP contribution < -0.4 is 0 Å².